The summed E-state index contributed by atoms with van der Waals surface area (Å²) in [5.74, 6) is 1.08. The molecule has 0 amide bonds. The Balaban J connectivity index is 1.72. The first-order valence-corrected chi connectivity index (χ1v) is 9.22. The molecule has 1 atom stereocenters. The molecule has 25 heavy (non-hydrogen) atoms. The summed E-state index contributed by atoms with van der Waals surface area (Å²) in [6.45, 7) is 1.84. The number of carbonyl (C=O) groups excluding carboxylic acids is 1. The van der Waals surface area contributed by atoms with Gasteiger partial charge in [0.25, 0.3) is 0 Å². The second-order valence-electron chi connectivity index (χ2n) is 7.46. The molecule has 1 unspecified atom stereocenters. The third-order valence-corrected chi connectivity index (χ3v) is 5.78. The van der Waals surface area contributed by atoms with E-state index in [9.17, 15) is 4.79 Å². The molecule has 2 N–H and O–H groups in total. The number of hydrogen-bond acceptors (Lipinski definition) is 5. The number of aryl methyl sites for hydroxylation is 2. The Labute approximate surface area is 147 Å². The van der Waals surface area contributed by atoms with Gasteiger partial charge in [-0.25, -0.2) is 9.97 Å². The molecule has 2 aliphatic rings. The van der Waals surface area contributed by atoms with Gasteiger partial charge in [-0.05, 0) is 37.7 Å². The second kappa shape index (κ2) is 6.24. The lowest BCUT2D eigenvalue weighted by Crippen LogP contribution is -2.25. The molecule has 2 aromatic heterocycles. The molecule has 0 aromatic carbocycles. The minimum atomic E-state index is 0.123. The van der Waals surface area contributed by atoms with Gasteiger partial charge in [0.15, 0.2) is 5.78 Å². The lowest BCUT2D eigenvalue weighted by molar-refractivity contribution is 0.0960. The van der Waals surface area contributed by atoms with Crippen LogP contribution >= 0.6 is 0 Å². The highest BCUT2D eigenvalue weighted by molar-refractivity contribution is 5.99. The first-order chi connectivity index (χ1) is 12.0. The van der Waals surface area contributed by atoms with Crippen molar-refractivity contribution in [2.45, 2.75) is 63.7 Å². The van der Waals surface area contributed by atoms with E-state index in [1.54, 1.807) is 0 Å². The number of anilines is 1. The van der Waals surface area contributed by atoms with Crippen LogP contribution in [0.3, 0.4) is 0 Å². The van der Waals surface area contributed by atoms with Crippen molar-refractivity contribution in [3.05, 3.63) is 34.4 Å². The minimum Gasteiger partial charge on any atom is -0.368 e. The number of aromatic nitrogens is 4. The molecule has 0 radical (unpaired) electrons. The molecule has 2 heterocycles. The molecule has 2 aliphatic carbocycles. The largest absolute Gasteiger partial charge is 0.368 e. The molecule has 0 spiro atoms. The van der Waals surface area contributed by atoms with Crippen LogP contribution in [0.5, 0.6) is 0 Å². The summed E-state index contributed by atoms with van der Waals surface area (Å²) in [4.78, 5) is 21.3. The number of rotatable bonds is 2. The van der Waals surface area contributed by atoms with Crippen LogP contribution < -0.4 is 5.73 Å². The number of fused-ring (bicyclic) bond motifs is 1. The maximum absolute atomic E-state index is 12.8. The van der Waals surface area contributed by atoms with Crippen LogP contribution in [0.1, 0.15) is 83.4 Å². The Morgan fingerprint density at radius 2 is 1.88 bits per heavy atom. The van der Waals surface area contributed by atoms with Crippen LogP contribution in [0, 0.1) is 6.92 Å². The normalized spacial score (nSPS) is 21.4. The molecule has 0 aliphatic heterocycles. The zero-order valence-corrected chi connectivity index (χ0v) is 15.0. The summed E-state index contributed by atoms with van der Waals surface area (Å²) in [6.07, 6.45) is 9.60. The van der Waals surface area contributed by atoms with E-state index < -0.39 is 0 Å². The Morgan fingerprint density at radius 1 is 1.12 bits per heavy atom. The van der Waals surface area contributed by atoms with Crippen LogP contribution in [0.2, 0.25) is 0 Å². The molecule has 0 bridgehead atoms. The zero-order chi connectivity index (χ0) is 17.6. The molecule has 6 heteroatoms. The predicted octanol–water partition coefficient (Wildman–Crippen LogP) is 3.06. The van der Waals surface area contributed by atoms with Gasteiger partial charge >= 0.3 is 0 Å². The van der Waals surface area contributed by atoms with Gasteiger partial charge in [0.05, 0.1) is 23.1 Å². The Bertz CT molecular complexity index is 819. The van der Waals surface area contributed by atoms with E-state index in [1.165, 1.54) is 43.4 Å². The SMILES string of the molecule is Cc1nc(N)nc2c1C(=O)CC(c1c(C3CCCCC3)cnn1C)C2. The monoisotopic (exact) mass is 339 g/mol. The smallest absolute Gasteiger partial charge is 0.220 e. The van der Waals surface area contributed by atoms with Gasteiger partial charge in [-0.3, -0.25) is 9.48 Å². The van der Waals surface area contributed by atoms with Crippen LogP contribution in [0.15, 0.2) is 6.20 Å². The third-order valence-electron chi connectivity index (χ3n) is 5.78. The number of hydrogen-bond donors (Lipinski definition) is 1. The van der Waals surface area contributed by atoms with Crippen molar-refractivity contribution >= 4 is 11.7 Å². The van der Waals surface area contributed by atoms with Crippen molar-refractivity contribution in [1.29, 1.82) is 0 Å². The molecule has 2 aromatic rings. The van der Waals surface area contributed by atoms with Gasteiger partial charge in [0.2, 0.25) is 5.95 Å². The van der Waals surface area contributed by atoms with E-state index in [0.717, 1.165) is 12.1 Å². The van der Waals surface area contributed by atoms with Gasteiger partial charge in [0.1, 0.15) is 0 Å². The number of Topliss-reactive ketones (excluding diaryl/α,β-unsaturated/α-hetero) is 1. The van der Waals surface area contributed by atoms with Gasteiger partial charge in [0, 0.05) is 25.1 Å². The van der Waals surface area contributed by atoms with E-state index in [2.05, 4.69) is 15.1 Å². The summed E-state index contributed by atoms with van der Waals surface area (Å²) in [7, 11) is 1.99. The van der Waals surface area contributed by atoms with Crippen LogP contribution in [-0.2, 0) is 13.5 Å². The van der Waals surface area contributed by atoms with Crippen molar-refractivity contribution in [2.24, 2.45) is 7.05 Å². The zero-order valence-electron chi connectivity index (χ0n) is 15.0. The van der Waals surface area contributed by atoms with Crippen LogP contribution in [0.25, 0.3) is 0 Å². The average molecular weight is 339 g/mol. The van der Waals surface area contributed by atoms with Crippen molar-refractivity contribution in [1.82, 2.24) is 19.7 Å². The molecular weight excluding hydrogens is 314 g/mol. The molecule has 0 saturated heterocycles. The summed E-state index contributed by atoms with van der Waals surface area (Å²) in [5, 5.41) is 4.53. The summed E-state index contributed by atoms with van der Waals surface area (Å²) in [6, 6.07) is 0. The Kier molecular flexibility index (Phi) is 4.06. The third kappa shape index (κ3) is 2.83. The summed E-state index contributed by atoms with van der Waals surface area (Å²) < 4.78 is 1.96. The van der Waals surface area contributed by atoms with Gasteiger partial charge < -0.3 is 5.73 Å². The second-order valence-corrected chi connectivity index (χ2v) is 7.46. The maximum Gasteiger partial charge on any atom is 0.220 e. The molecule has 132 valence electrons. The number of nitrogens with zero attached hydrogens (tertiary/aromatic N) is 4. The predicted molar refractivity (Wildman–Crippen MR) is 95.6 cm³/mol. The highest BCUT2D eigenvalue weighted by atomic mass is 16.1. The molecule has 4 rings (SSSR count). The Morgan fingerprint density at radius 3 is 2.64 bits per heavy atom. The first kappa shape index (κ1) is 16.2. The topological polar surface area (TPSA) is 86.7 Å². The van der Waals surface area contributed by atoms with Crippen LogP contribution in [-0.4, -0.2) is 25.5 Å². The van der Waals surface area contributed by atoms with E-state index in [-0.39, 0.29) is 17.6 Å². The standard InChI is InChI=1S/C19H25N5O/c1-11-17-15(23-19(20)22-11)8-13(9-16(17)25)18-14(10-21-24(18)2)12-6-4-3-5-7-12/h10,12-13H,3-9H2,1-2H3,(H2,20,22,23). The molecular formula is C19H25N5O. The average Bonchev–Trinajstić information content (AvgIpc) is 2.96. The number of carbonyl (C=O) groups is 1. The van der Waals surface area contributed by atoms with E-state index in [1.807, 2.05) is 24.9 Å². The first-order valence-electron chi connectivity index (χ1n) is 9.22. The molecule has 1 saturated carbocycles. The van der Waals surface area contributed by atoms with Crippen LogP contribution in [0.4, 0.5) is 5.95 Å². The number of nitrogens with two attached hydrogens (primary N) is 1. The lowest BCUT2D eigenvalue weighted by atomic mass is 9.78. The van der Waals surface area contributed by atoms with Gasteiger partial charge in [-0.1, -0.05) is 19.3 Å². The van der Waals surface area contributed by atoms with E-state index >= 15 is 0 Å². The fourth-order valence-electron chi connectivity index (χ4n) is 4.68. The van der Waals surface area contributed by atoms with Gasteiger partial charge in [-0.2, -0.15) is 5.10 Å². The van der Waals surface area contributed by atoms with Crippen molar-refractivity contribution in [3.63, 3.8) is 0 Å². The quantitative estimate of drug-likeness (QED) is 0.908. The summed E-state index contributed by atoms with van der Waals surface area (Å²) in [5.41, 5.74) is 10.5. The highest BCUT2D eigenvalue weighted by Crippen LogP contribution is 2.40. The van der Waals surface area contributed by atoms with Crippen molar-refractivity contribution < 1.29 is 4.79 Å². The maximum atomic E-state index is 12.8. The van der Waals surface area contributed by atoms with E-state index in [4.69, 9.17) is 5.73 Å². The van der Waals surface area contributed by atoms with Gasteiger partial charge in [-0.15, -0.1) is 0 Å². The summed E-state index contributed by atoms with van der Waals surface area (Å²) >= 11 is 0. The minimum absolute atomic E-state index is 0.123. The fraction of sp³-hybridized carbons (Fsp3) is 0.579. The highest BCUT2D eigenvalue weighted by Gasteiger charge is 2.34. The molecule has 1 fully saturated rings. The van der Waals surface area contributed by atoms with Crippen molar-refractivity contribution in [2.75, 3.05) is 5.73 Å². The number of ketones is 1. The Hall–Kier alpha value is -2.24. The number of nitrogen functional groups attached to an aromatic ring is 1. The van der Waals surface area contributed by atoms with E-state index in [0.29, 0.717) is 23.6 Å². The lowest BCUT2D eigenvalue weighted by Gasteiger charge is -2.28. The fourth-order valence-corrected chi connectivity index (χ4v) is 4.68. The molecule has 6 nitrogen and oxygen atoms in total. The van der Waals surface area contributed by atoms with Crippen molar-refractivity contribution in [3.8, 4) is 0 Å².